The highest BCUT2D eigenvalue weighted by Crippen LogP contribution is 2.11. The molecular formula is C8H12O5. The third kappa shape index (κ3) is 3.59. The SMILES string of the molecule is CCCC/C(C(=O)O)=C(/O)C(=O)O. The van der Waals surface area contributed by atoms with Crippen molar-refractivity contribution in [3.8, 4) is 0 Å². The van der Waals surface area contributed by atoms with Gasteiger partial charge in [-0.25, -0.2) is 9.59 Å². The molecule has 0 rings (SSSR count). The summed E-state index contributed by atoms with van der Waals surface area (Å²) in [6, 6.07) is 0. The van der Waals surface area contributed by atoms with Crippen LogP contribution < -0.4 is 0 Å². The van der Waals surface area contributed by atoms with Crippen molar-refractivity contribution in [3.63, 3.8) is 0 Å². The Bertz CT molecular complexity index is 241. The van der Waals surface area contributed by atoms with Gasteiger partial charge in [-0.3, -0.25) is 0 Å². The quantitative estimate of drug-likeness (QED) is 0.444. The fourth-order valence-electron chi connectivity index (χ4n) is 0.809. The molecule has 0 fully saturated rings. The van der Waals surface area contributed by atoms with Gasteiger partial charge in [0.1, 0.15) is 0 Å². The molecule has 0 aliphatic carbocycles. The predicted molar refractivity (Wildman–Crippen MR) is 44.5 cm³/mol. The van der Waals surface area contributed by atoms with Crippen LogP contribution >= 0.6 is 0 Å². The van der Waals surface area contributed by atoms with Crippen molar-refractivity contribution in [3.05, 3.63) is 11.3 Å². The second-order valence-electron chi connectivity index (χ2n) is 2.54. The molecule has 5 heteroatoms. The first-order valence-corrected chi connectivity index (χ1v) is 3.89. The number of carboxylic acids is 2. The summed E-state index contributed by atoms with van der Waals surface area (Å²) in [5.41, 5.74) is -0.436. The topological polar surface area (TPSA) is 94.8 Å². The molecule has 0 aliphatic heterocycles. The Hall–Kier alpha value is -1.52. The van der Waals surface area contributed by atoms with Crippen molar-refractivity contribution in [2.45, 2.75) is 26.2 Å². The summed E-state index contributed by atoms with van der Waals surface area (Å²) in [5.74, 6) is -4.05. The maximum atomic E-state index is 10.5. The average molecular weight is 188 g/mol. The van der Waals surface area contributed by atoms with E-state index in [4.69, 9.17) is 15.3 Å². The molecule has 5 nitrogen and oxygen atoms in total. The summed E-state index contributed by atoms with van der Waals surface area (Å²) in [5, 5.41) is 25.7. The molecule has 0 aromatic heterocycles. The van der Waals surface area contributed by atoms with Crippen molar-refractivity contribution in [1.29, 1.82) is 0 Å². The lowest BCUT2D eigenvalue weighted by Gasteiger charge is -2.01. The van der Waals surface area contributed by atoms with Crippen LogP contribution in [0.3, 0.4) is 0 Å². The van der Waals surface area contributed by atoms with Crippen molar-refractivity contribution >= 4 is 11.9 Å². The van der Waals surface area contributed by atoms with E-state index < -0.39 is 23.3 Å². The number of unbranched alkanes of at least 4 members (excludes halogenated alkanes) is 1. The van der Waals surface area contributed by atoms with E-state index in [1.165, 1.54) is 0 Å². The predicted octanol–water partition coefficient (Wildman–Crippen LogP) is 1.16. The second kappa shape index (κ2) is 5.18. The molecule has 0 spiro atoms. The van der Waals surface area contributed by atoms with Gasteiger partial charge >= 0.3 is 11.9 Å². The number of aliphatic carboxylic acids is 2. The standard InChI is InChI=1S/C8H12O5/c1-2-3-4-5(7(10)11)6(9)8(12)13/h9H,2-4H2,1H3,(H,10,11)(H,12,13)/b6-5-. The molecule has 74 valence electrons. The fraction of sp³-hybridized carbons (Fsp3) is 0.500. The lowest BCUT2D eigenvalue weighted by Crippen LogP contribution is -2.11. The average Bonchev–Trinajstić information content (AvgIpc) is 2.04. The fourth-order valence-corrected chi connectivity index (χ4v) is 0.809. The van der Waals surface area contributed by atoms with E-state index in [9.17, 15) is 9.59 Å². The van der Waals surface area contributed by atoms with Crippen LogP contribution in [0.5, 0.6) is 0 Å². The Kier molecular flexibility index (Phi) is 4.58. The van der Waals surface area contributed by atoms with Crippen LogP contribution in [0.25, 0.3) is 0 Å². The van der Waals surface area contributed by atoms with Gasteiger partial charge in [0.15, 0.2) is 0 Å². The monoisotopic (exact) mass is 188 g/mol. The summed E-state index contributed by atoms with van der Waals surface area (Å²) in [4.78, 5) is 20.7. The maximum Gasteiger partial charge on any atom is 0.371 e. The minimum Gasteiger partial charge on any atom is -0.501 e. The zero-order chi connectivity index (χ0) is 10.4. The summed E-state index contributed by atoms with van der Waals surface area (Å²) < 4.78 is 0. The normalized spacial score (nSPS) is 12.1. The molecular weight excluding hydrogens is 176 g/mol. The zero-order valence-corrected chi connectivity index (χ0v) is 7.28. The molecule has 0 bridgehead atoms. The highest BCUT2D eigenvalue weighted by atomic mass is 16.4. The Morgan fingerprint density at radius 2 is 1.62 bits per heavy atom. The molecule has 13 heavy (non-hydrogen) atoms. The highest BCUT2D eigenvalue weighted by molar-refractivity contribution is 5.96. The number of aliphatic hydroxyl groups is 1. The van der Waals surface area contributed by atoms with Crippen LogP contribution in [0.15, 0.2) is 11.3 Å². The molecule has 3 N–H and O–H groups in total. The molecule has 0 saturated carbocycles. The van der Waals surface area contributed by atoms with Crippen molar-refractivity contribution < 1.29 is 24.9 Å². The van der Waals surface area contributed by atoms with Gasteiger partial charge < -0.3 is 15.3 Å². The van der Waals surface area contributed by atoms with Crippen LogP contribution in [0.1, 0.15) is 26.2 Å². The Morgan fingerprint density at radius 1 is 1.08 bits per heavy atom. The van der Waals surface area contributed by atoms with Gasteiger partial charge in [0, 0.05) is 0 Å². The third-order valence-corrected chi connectivity index (χ3v) is 1.53. The van der Waals surface area contributed by atoms with E-state index in [1.54, 1.807) is 0 Å². The van der Waals surface area contributed by atoms with Gasteiger partial charge in [0.25, 0.3) is 0 Å². The van der Waals surface area contributed by atoms with E-state index in [1.807, 2.05) is 6.92 Å². The van der Waals surface area contributed by atoms with Crippen LogP contribution in [-0.4, -0.2) is 27.3 Å². The number of rotatable bonds is 5. The Morgan fingerprint density at radius 3 is 1.92 bits per heavy atom. The largest absolute Gasteiger partial charge is 0.501 e. The number of hydrogen-bond acceptors (Lipinski definition) is 3. The van der Waals surface area contributed by atoms with Crippen molar-refractivity contribution in [1.82, 2.24) is 0 Å². The number of hydrogen-bond donors (Lipinski definition) is 3. The number of carbonyl (C=O) groups is 2. The second-order valence-corrected chi connectivity index (χ2v) is 2.54. The van der Waals surface area contributed by atoms with Crippen LogP contribution in [0.4, 0.5) is 0 Å². The highest BCUT2D eigenvalue weighted by Gasteiger charge is 2.18. The van der Waals surface area contributed by atoms with Gasteiger partial charge in [0.05, 0.1) is 5.57 Å². The van der Waals surface area contributed by atoms with E-state index in [0.717, 1.165) is 6.42 Å². The molecule has 0 radical (unpaired) electrons. The number of carboxylic acid groups (broad SMARTS) is 2. The summed E-state index contributed by atoms with van der Waals surface area (Å²) in [7, 11) is 0. The first kappa shape index (κ1) is 11.5. The van der Waals surface area contributed by atoms with E-state index in [-0.39, 0.29) is 6.42 Å². The zero-order valence-electron chi connectivity index (χ0n) is 7.28. The summed E-state index contributed by atoms with van der Waals surface area (Å²) in [6.07, 6.45) is 1.35. The minimum atomic E-state index is -1.60. The molecule has 0 unspecified atom stereocenters. The molecule has 0 heterocycles. The van der Waals surface area contributed by atoms with Crippen LogP contribution in [0, 0.1) is 0 Å². The first-order valence-electron chi connectivity index (χ1n) is 3.89. The molecule has 0 amide bonds. The minimum absolute atomic E-state index is 0.0734. The van der Waals surface area contributed by atoms with Gasteiger partial charge in [-0.05, 0) is 12.8 Å². The lowest BCUT2D eigenvalue weighted by atomic mass is 10.1. The molecule has 0 atom stereocenters. The number of aliphatic hydroxyl groups excluding tert-OH is 1. The van der Waals surface area contributed by atoms with Crippen molar-refractivity contribution in [2.75, 3.05) is 0 Å². The first-order chi connectivity index (χ1) is 6.00. The van der Waals surface area contributed by atoms with Crippen molar-refractivity contribution in [2.24, 2.45) is 0 Å². The lowest BCUT2D eigenvalue weighted by molar-refractivity contribution is -0.138. The smallest absolute Gasteiger partial charge is 0.371 e. The molecule has 0 aliphatic rings. The van der Waals surface area contributed by atoms with E-state index in [0.29, 0.717) is 6.42 Å². The van der Waals surface area contributed by atoms with Gasteiger partial charge in [-0.15, -0.1) is 0 Å². The maximum absolute atomic E-state index is 10.5. The molecule has 0 aromatic carbocycles. The van der Waals surface area contributed by atoms with Crippen LogP contribution in [0.2, 0.25) is 0 Å². The summed E-state index contributed by atoms with van der Waals surface area (Å²) in [6.45, 7) is 1.84. The van der Waals surface area contributed by atoms with Crippen LogP contribution in [-0.2, 0) is 9.59 Å². The third-order valence-electron chi connectivity index (χ3n) is 1.53. The van der Waals surface area contributed by atoms with Gasteiger partial charge in [0.2, 0.25) is 5.76 Å². The Labute approximate surface area is 75.3 Å². The Balaban J connectivity index is 4.67. The molecule has 0 saturated heterocycles. The summed E-state index contributed by atoms with van der Waals surface area (Å²) >= 11 is 0. The van der Waals surface area contributed by atoms with E-state index >= 15 is 0 Å². The van der Waals surface area contributed by atoms with E-state index in [2.05, 4.69) is 0 Å². The van der Waals surface area contributed by atoms with Gasteiger partial charge in [-0.1, -0.05) is 13.3 Å². The van der Waals surface area contributed by atoms with Gasteiger partial charge in [-0.2, -0.15) is 0 Å². The molecule has 0 aromatic rings.